The van der Waals surface area contributed by atoms with E-state index < -0.39 is 47.5 Å². The van der Waals surface area contributed by atoms with Crippen molar-refractivity contribution >= 4 is 29.4 Å². The Bertz CT molecular complexity index is 1530. The molecule has 4 rings (SSSR count). The van der Waals surface area contributed by atoms with Crippen LogP contribution in [0.25, 0.3) is 0 Å². The molecule has 4 amide bonds. The fourth-order valence-electron chi connectivity index (χ4n) is 6.84. The second-order valence-electron chi connectivity index (χ2n) is 16.1. The van der Waals surface area contributed by atoms with Gasteiger partial charge in [0.05, 0.1) is 25.9 Å². The molecule has 12 nitrogen and oxygen atoms in total. The van der Waals surface area contributed by atoms with Crippen LogP contribution in [-0.2, 0) is 46.3 Å². The molecular weight excluding hydrogens is 699 g/mol. The first kappa shape index (κ1) is 43.6. The Morgan fingerprint density at radius 2 is 1.22 bits per heavy atom. The van der Waals surface area contributed by atoms with Gasteiger partial charge in [0.15, 0.2) is 5.78 Å². The maximum atomic E-state index is 14.1. The number of hydrogen-bond acceptors (Lipinski definition) is 8. The Morgan fingerprint density at radius 1 is 0.691 bits per heavy atom. The first-order chi connectivity index (χ1) is 26.3. The lowest BCUT2D eigenvalue weighted by molar-refractivity contribution is -0.135. The Labute approximate surface area is 327 Å². The van der Waals surface area contributed by atoms with Crippen molar-refractivity contribution in [2.24, 2.45) is 11.8 Å². The number of hydrogen-bond donors (Lipinski definition) is 4. The SMILES string of the molecule is CC(C)CC(NC(=O)[C@H](CCc1ccccc1)NC(=O)CCCCN1CCOCC1)C(=O)NC(Cc1ccccc1)C(=O)NC(CC(C)C)C(=O)C1(C)CO1. The number of Topliss-reactive ketones (excluding diaryl/α,β-unsaturated/α-hetero) is 1. The molecule has 12 heteroatoms. The summed E-state index contributed by atoms with van der Waals surface area (Å²) in [6.07, 6.45) is 3.65. The normalized spacial score (nSPS) is 19.2. The highest BCUT2D eigenvalue weighted by Gasteiger charge is 2.50. The number of nitrogens with zero attached hydrogens (tertiary/aromatic N) is 1. The summed E-state index contributed by atoms with van der Waals surface area (Å²) in [6, 6.07) is 15.4. The number of carbonyl (C=O) groups is 5. The molecule has 4 unspecified atom stereocenters. The number of nitrogens with one attached hydrogen (secondary N) is 4. The number of epoxide rings is 1. The van der Waals surface area contributed by atoms with E-state index >= 15 is 0 Å². The van der Waals surface area contributed by atoms with E-state index in [0.717, 1.165) is 50.4 Å². The Morgan fingerprint density at radius 3 is 1.82 bits per heavy atom. The zero-order chi connectivity index (χ0) is 39.8. The van der Waals surface area contributed by atoms with Crippen molar-refractivity contribution in [3.8, 4) is 0 Å². The molecule has 2 aromatic carbocycles. The van der Waals surface area contributed by atoms with Crippen molar-refractivity contribution in [3.63, 3.8) is 0 Å². The third-order valence-corrected chi connectivity index (χ3v) is 10.1. The van der Waals surface area contributed by atoms with E-state index in [9.17, 15) is 24.0 Å². The summed E-state index contributed by atoms with van der Waals surface area (Å²) < 4.78 is 10.8. The first-order valence-corrected chi connectivity index (χ1v) is 20.1. The predicted molar refractivity (Wildman–Crippen MR) is 212 cm³/mol. The molecule has 0 radical (unpaired) electrons. The molecule has 302 valence electrons. The molecule has 0 bridgehead atoms. The second-order valence-corrected chi connectivity index (χ2v) is 16.1. The van der Waals surface area contributed by atoms with Crippen LogP contribution in [0.2, 0.25) is 0 Å². The van der Waals surface area contributed by atoms with Crippen LogP contribution < -0.4 is 21.3 Å². The largest absolute Gasteiger partial charge is 0.379 e. The Hall–Kier alpha value is -4.13. The van der Waals surface area contributed by atoms with Gasteiger partial charge in [0.25, 0.3) is 0 Å². The summed E-state index contributed by atoms with van der Waals surface area (Å²) in [5.74, 6) is -1.72. The number of rotatable bonds is 23. The molecule has 2 fully saturated rings. The summed E-state index contributed by atoms with van der Waals surface area (Å²) in [5, 5.41) is 11.7. The van der Waals surface area contributed by atoms with Gasteiger partial charge in [-0.3, -0.25) is 28.9 Å². The van der Waals surface area contributed by atoms with Gasteiger partial charge in [-0.25, -0.2) is 0 Å². The van der Waals surface area contributed by atoms with Gasteiger partial charge in [-0.2, -0.15) is 0 Å². The van der Waals surface area contributed by atoms with E-state index in [1.165, 1.54) is 0 Å². The highest BCUT2D eigenvalue weighted by Crippen LogP contribution is 2.29. The molecule has 0 aliphatic carbocycles. The van der Waals surface area contributed by atoms with Crippen LogP contribution in [0.15, 0.2) is 60.7 Å². The lowest BCUT2D eigenvalue weighted by Crippen LogP contribution is -2.59. The van der Waals surface area contributed by atoms with Crippen LogP contribution in [0.4, 0.5) is 0 Å². The van der Waals surface area contributed by atoms with Gasteiger partial charge in [-0.15, -0.1) is 0 Å². The highest BCUT2D eigenvalue weighted by molar-refractivity contribution is 5.98. The highest BCUT2D eigenvalue weighted by atomic mass is 16.6. The quantitative estimate of drug-likeness (QED) is 0.0986. The van der Waals surface area contributed by atoms with Gasteiger partial charge in [0.1, 0.15) is 23.7 Å². The average Bonchev–Trinajstić information content (AvgIpc) is 3.92. The van der Waals surface area contributed by atoms with Gasteiger partial charge in [-0.1, -0.05) is 88.4 Å². The average molecular weight is 762 g/mol. The van der Waals surface area contributed by atoms with Crippen molar-refractivity contribution in [3.05, 3.63) is 71.8 Å². The Balaban J connectivity index is 1.46. The van der Waals surface area contributed by atoms with Crippen LogP contribution >= 0.6 is 0 Å². The summed E-state index contributed by atoms with van der Waals surface area (Å²) >= 11 is 0. The summed E-state index contributed by atoms with van der Waals surface area (Å²) in [5.41, 5.74) is 0.931. The minimum Gasteiger partial charge on any atom is -0.379 e. The molecule has 0 aromatic heterocycles. The van der Waals surface area contributed by atoms with E-state index in [1.54, 1.807) is 6.92 Å². The lowest BCUT2D eigenvalue weighted by atomic mass is 9.93. The van der Waals surface area contributed by atoms with Crippen molar-refractivity contribution in [1.82, 2.24) is 26.2 Å². The zero-order valence-electron chi connectivity index (χ0n) is 33.4. The topological polar surface area (TPSA) is 158 Å². The predicted octanol–water partition coefficient (Wildman–Crippen LogP) is 3.75. The van der Waals surface area contributed by atoms with Gasteiger partial charge in [0.2, 0.25) is 23.6 Å². The minimum atomic E-state index is -1.03. The fraction of sp³-hybridized carbons (Fsp3) is 0.605. The zero-order valence-corrected chi connectivity index (χ0v) is 33.4. The van der Waals surface area contributed by atoms with Crippen molar-refractivity contribution < 1.29 is 33.4 Å². The maximum absolute atomic E-state index is 14.1. The Kier molecular flexibility index (Phi) is 17.3. The molecule has 5 atom stereocenters. The van der Waals surface area contributed by atoms with Gasteiger partial charge >= 0.3 is 0 Å². The van der Waals surface area contributed by atoms with Gasteiger partial charge in [-0.05, 0) is 75.0 Å². The van der Waals surface area contributed by atoms with Crippen LogP contribution in [0.1, 0.15) is 84.3 Å². The molecule has 2 aromatic rings. The van der Waals surface area contributed by atoms with Crippen molar-refractivity contribution in [2.45, 2.75) is 116 Å². The minimum absolute atomic E-state index is 0.0219. The smallest absolute Gasteiger partial charge is 0.243 e. The van der Waals surface area contributed by atoms with Gasteiger partial charge < -0.3 is 30.7 Å². The molecule has 55 heavy (non-hydrogen) atoms. The third-order valence-electron chi connectivity index (χ3n) is 10.1. The van der Waals surface area contributed by atoms with Gasteiger partial charge in [0, 0.05) is 25.9 Å². The van der Waals surface area contributed by atoms with E-state index in [0.29, 0.717) is 38.7 Å². The standard InChI is InChI=1S/C43H63N5O7/c1-30(2)26-35(39(50)43(5)29-55-43)45-42(53)37(28-33-16-10-7-11-17-33)47-41(52)36(27-31(3)4)46-40(51)34(20-19-32-14-8-6-9-15-32)44-38(49)18-12-13-21-48-22-24-54-25-23-48/h6-11,14-17,30-31,34-37H,12-13,18-29H2,1-5H3,(H,44,49)(H,45,53)(H,46,51)(H,47,52)/t34-,35?,36?,37?,43?/m0/s1. The molecule has 0 spiro atoms. The molecule has 2 aliphatic rings. The fourth-order valence-corrected chi connectivity index (χ4v) is 6.84. The molecular formula is C43H63N5O7. The van der Waals surface area contributed by atoms with Crippen LogP contribution in [0, 0.1) is 11.8 Å². The van der Waals surface area contributed by atoms with Crippen molar-refractivity contribution in [1.29, 1.82) is 0 Å². The van der Waals surface area contributed by atoms with Crippen LogP contribution in [-0.4, -0.2) is 104 Å². The summed E-state index contributed by atoms with van der Waals surface area (Å²) in [4.78, 5) is 71.0. The summed E-state index contributed by atoms with van der Waals surface area (Å²) in [6.45, 7) is 14.0. The van der Waals surface area contributed by atoms with Crippen molar-refractivity contribution in [2.75, 3.05) is 39.5 Å². The maximum Gasteiger partial charge on any atom is 0.243 e. The van der Waals surface area contributed by atoms with Crippen LogP contribution in [0.5, 0.6) is 0 Å². The number of ether oxygens (including phenoxy) is 2. The molecule has 2 saturated heterocycles. The second kappa shape index (κ2) is 21.8. The number of morpholine rings is 1. The number of carbonyl (C=O) groups excluding carboxylic acids is 5. The van der Waals surface area contributed by atoms with Crippen LogP contribution in [0.3, 0.4) is 0 Å². The molecule has 0 saturated carbocycles. The molecule has 4 N–H and O–H groups in total. The summed E-state index contributed by atoms with van der Waals surface area (Å²) in [7, 11) is 0. The third kappa shape index (κ3) is 15.1. The monoisotopic (exact) mass is 761 g/mol. The van der Waals surface area contributed by atoms with E-state index in [2.05, 4.69) is 26.2 Å². The van der Waals surface area contributed by atoms with E-state index in [-0.39, 0.29) is 36.4 Å². The number of amides is 4. The molecule has 2 aliphatic heterocycles. The lowest BCUT2D eigenvalue weighted by Gasteiger charge is -2.28. The molecule has 2 heterocycles. The number of aryl methyl sites for hydroxylation is 1. The van der Waals surface area contributed by atoms with E-state index in [1.807, 2.05) is 88.4 Å². The number of benzene rings is 2. The first-order valence-electron chi connectivity index (χ1n) is 20.1. The number of ketones is 1. The number of unbranched alkanes of at least 4 members (excludes halogenated alkanes) is 1. The van der Waals surface area contributed by atoms with E-state index in [4.69, 9.17) is 9.47 Å².